The predicted molar refractivity (Wildman–Crippen MR) is 93.5 cm³/mol. The second-order valence-electron chi connectivity index (χ2n) is 6.18. The third-order valence-corrected chi connectivity index (χ3v) is 4.47. The Bertz CT molecular complexity index is 667. The van der Waals surface area contributed by atoms with Gasteiger partial charge in [0.25, 0.3) is 0 Å². The smallest absolute Gasteiger partial charge is 0.162 e. The second-order valence-corrected chi connectivity index (χ2v) is 6.18. The van der Waals surface area contributed by atoms with Crippen LogP contribution in [0.1, 0.15) is 46.3 Å². The van der Waals surface area contributed by atoms with Gasteiger partial charge in [-0.2, -0.15) is 0 Å². The van der Waals surface area contributed by atoms with Gasteiger partial charge in [0.2, 0.25) is 0 Å². The number of hydrogen-bond acceptors (Lipinski definition) is 3. The fourth-order valence-corrected chi connectivity index (χ4v) is 2.70. The normalized spacial score (nSPS) is 13.6. The Balaban J connectivity index is 2.01. The van der Waals surface area contributed by atoms with E-state index in [0.29, 0.717) is 19.3 Å². The van der Waals surface area contributed by atoms with Gasteiger partial charge in [0, 0.05) is 18.5 Å². The summed E-state index contributed by atoms with van der Waals surface area (Å²) >= 11 is 0. The quantitative estimate of drug-likeness (QED) is 0.769. The van der Waals surface area contributed by atoms with E-state index in [1.165, 1.54) is 5.56 Å². The summed E-state index contributed by atoms with van der Waals surface area (Å²) in [5.41, 5.74) is 8.61. The molecule has 0 bridgehead atoms. The van der Waals surface area contributed by atoms with Crippen molar-refractivity contribution in [3.63, 3.8) is 0 Å². The minimum Gasteiger partial charge on any atom is -0.384 e. The molecule has 0 saturated heterocycles. The maximum absolute atomic E-state index is 12.1. The minimum absolute atomic E-state index is 0.102. The second kappa shape index (κ2) is 7.53. The third-order valence-electron chi connectivity index (χ3n) is 4.47. The summed E-state index contributed by atoms with van der Waals surface area (Å²) in [6.45, 7) is 4.21. The summed E-state index contributed by atoms with van der Waals surface area (Å²) in [5, 5.41) is 10.9. The number of Topliss-reactive ketones (excluding diaryl/α,β-unsaturated/α-hetero) is 1. The number of aliphatic hydroxyl groups is 1. The van der Waals surface area contributed by atoms with Gasteiger partial charge in [0.1, 0.15) is 5.60 Å². The van der Waals surface area contributed by atoms with Gasteiger partial charge in [0.15, 0.2) is 5.78 Å². The first-order chi connectivity index (χ1) is 11.0. The lowest BCUT2D eigenvalue weighted by Crippen LogP contribution is -2.35. The van der Waals surface area contributed by atoms with Gasteiger partial charge in [0.05, 0.1) is 0 Å². The molecule has 3 heteroatoms. The first kappa shape index (κ1) is 17.4. The highest BCUT2D eigenvalue weighted by Crippen LogP contribution is 2.28. The highest BCUT2D eigenvalue weighted by Gasteiger charge is 2.27. The van der Waals surface area contributed by atoms with Gasteiger partial charge < -0.3 is 10.8 Å². The molecule has 1 unspecified atom stereocenters. The van der Waals surface area contributed by atoms with Crippen molar-refractivity contribution in [2.75, 3.05) is 6.54 Å². The van der Waals surface area contributed by atoms with E-state index in [9.17, 15) is 9.90 Å². The Kier molecular flexibility index (Phi) is 5.69. The zero-order chi connectivity index (χ0) is 16.9. The summed E-state index contributed by atoms with van der Waals surface area (Å²) in [6.07, 6.45) is 1.50. The van der Waals surface area contributed by atoms with Crippen LogP contribution in [0.3, 0.4) is 0 Å². The third kappa shape index (κ3) is 4.27. The molecular formula is C20H25NO2. The van der Waals surface area contributed by atoms with Crippen LogP contribution in [0, 0.1) is 13.8 Å². The van der Waals surface area contributed by atoms with Gasteiger partial charge in [-0.1, -0.05) is 48.5 Å². The summed E-state index contributed by atoms with van der Waals surface area (Å²) in [5.74, 6) is 0.102. The molecule has 3 nitrogen and oxygen atoms in total. The standard InChI is InChI=1S/C20H25NO2/c1-15-10-11-18(13-16(15)2)20(23,14-21)12-6-9-19(22)17-7-4-3-5-8-17/h3-5,7-8,10-11,13,23H,6,9,12,14,21H2,1-2H3. The van der Waals surface area contributed by atoms with Crippen LogP contribution in [-0.4, -0.2) is 17.4 Å². The largest absolute Gasteiger partial charge is 0.384 e. The van der Waals surface area contributed by atoms with Crippen molar-refractivity contribution in [1.29, 1.82) is 0 Å². The molecule has 1 atom stereocenters. The number of aryl methyl sites for hydroxylation is 2. The van der Waals surface area contributed by atoms with Crippen LogP contribution in [0.15, 0.2) is 48.5 Å². The molecule has 122 valence electrons. The van der Waals surface area contributed by atoms with Crippen molar-refractivity contribution < 1.29 is 9.90 Å². The van der Waals surface area contributed by atoms with Crippen molar-refractivity contribution >= 4 is 5.78 Å². The highest BCUT2D eigenvalue weighted by atomic mass is 16.3. The van der Waals surface area contributed by atoms with Crippen molar-refractivity contribution in [2.24, 2.45) is 5.73 Å². The van der Waals surface area contributed by atoms with E-state index in [-0.39, 0.29) is 12.3 Å². The zero-order valence-corrected chi connectivity index (χ0v) is 13.9. The van der Waals surface area contributed by atoms with Crippen molar-refractivity contribution in [2.45, 2.75) is 38.7 Å². The molecule has 0 fully saturated rings. The number of carbonyl (C=O) groups is 1. The van der Waals surface area contributed by atoms with Crippen LogP contribution < -0.4 is 5.73 Å². The van der Waals surface area contributed by atoms with Gasteiger partial charge in [-0.15, -0.1) is 0 Å². The average Bonchev–Trinajstić information content (AvgIpc) is 2.57. The van der Waals surface area contributed by atoms with Crippen LogP contribution in [0.25, 0.3) is 0 Å². The van der Waals surface area contributed by atoms with Gasteiger partial charge in [-0.05, 0) is 43.4 Å². The van der Waals surface area contributed by atoms with E-state index < -0.39 is 5.60 Å². The lowest BCUT2D eigenvalue weighted by atomic mass is 9.86. The molecule has 0 aliphatic carbocycles. The Morgan fingerprint density at radius 3 is 2.39 bits per heavy atom. The van der Waals surface area contributed by atoms with Crippen molar-refractivity contribution in [1.82, 2.24) is 0 Å². The summed E-state index contributed by atoms with van der Waals surface area (Å²) < 4.78 is 0. The lowest BCUT2D eigenvalue weighted by molar-refractivity contribution is 0.0340. The van der Waals surface area contributed by atoms with E-state index in [4.69, 9.17) is 5.73 Å². The maximum Gasteiger partial charge on any atom is 0.162 e. The van der Waals surface area contributed by atoms with E-state index in [1.54, 1.807) is 0 Å². The molecule has 0 aliphatic rings. The zero-order valence-electron chi connectivity index (χ0n) is 13.9. The van der Waals surface area contributed by atoms with Gasteiger partial charge in [-0.3, -0.25) is 4.79 Å². The summed E-state index contributed by atoms with van der Waals surface area (Å²) in [4.78, 5) is 12.1. The Morgan fingerprint density at radius 2 is 1.78 bits per heavy atom. The predicted octanol–water partition coefficient (Wildman–Crippen LogP) is 3.50. The molecule has 0 amide bonds. The molecule has 2 rings (SSSR count). The highest BCUT2D eigenvalue weighted by molar-refractivity contribution is 5.95. The molecule has 0 radical (unpaired) electrons. The topological polar surface area (TPSA) is 63.3 Å². The fraction of sp³-hybridized carbons (Fsp3) is 0.350. The molecule has 23 heavy (non-hydrogen) atoms. The van der Waals surface area contributed by atoms with E-state index in [0.717, 1.165) is 16.7 Å². The van der Waals surface area contributed by atoms with Crippen LogP contribution in [0.2, 0.25) is 0 Å². The molecule has 0 saturated carbocycles. The van der Waals surface area contributed by atoms with Crippen LogP contribution >= 0.6 is 0 Å². The first-order valence-corrected chi connectivity index (χ1v) is 8.05. The lowest BCUT2D eigenvalue weighted by Gasteiger charge is -2.27. The monoisotopic (exact) mass is 311 g/mol. The fourth-order valence-electron chi connectivity index (χ4n) is 2.70. The van der Waals surface area contributed by atoms with E-state index in [1.807, 2.05) is 62.4 Å². The summed E-state index contributed by atoms with van der Waals surface area (Å²) in [7, 11) is 0. The first-order valence-electron chi connectivity index (χ1n) is 8.05. The summed E-state index contributed by atoms with van der Waals surface area (Å²) in [6, 6.07) is 15.2. The van der Waals surface area contributed by atoms with E-state index >= 15 is 0 Å². The van der Waals surface area contributed by atoms with Crippen LogP contribution in [0.4, 0.5) is 0 Å². The molecule has 0 aromatic heterocycles. The van der Waals surface area contributed by atoms with Crippen LogP contribution in [0.5, 0.6) is 0 Å². The molecule has 2 aromatic rings. The SMILES string of the molecule is Cc1ccc(C(O)(CN)CCCC(=O)c2ccccc2)cc1C. The molecule has 0 aliphatic heterocycles. The van der Waals surface area contributed by atoms with Gasteiger partial charge in [-0.25, -0.2) is 0 Å². The average molecular weight is 311 g/mol. The minimum atomic E-state index is -1.07. The molecule has 2 aromatic carbocycles. The Morgan fingerprint density at radius 1 is 1.09 bits per heavy atom. The van der Waals surface area contributed by atoms with Gasteiger partial charge >= 0.3 is 0 Å². The number of benzene rings is 2. The molecule has 0 spiro atoms. The number of hydrogen-bond donors (Lipinski definition) is 2. The Hall–Kier alpha value is -1.97. The maximum atomic E-state index is 12.1. The molecular weight excluding hydrogens is 286 g/mol. The number of carbonyl (C=O) groups excluding carboxylic acids is 1. The molecule has 0 heterocycles. The van der Waals surface area contributed by atoms with E-state index in [2.05, 4.69) is 0 Å². The Labute approximate surface area is 138 Å². The van der Waals surface area contributed by atoms with Crippen molar-refractivity contribution in [3.8, 4) is 0 Å². The van der Waals surface area contributed by atoms with Crippen molar-refractivity contribution in [3.05, 3.63) is 70.8 Å². The van der Waals surface area contributed by atoms with Crippen LogP contribution in [-0.2, 0) is 5.60 Å². The number of rotatable bonds is 7. The number of ketones is 1. The number of nitrogens with two attached hydrogens (primary N) is 1. The molecule has 3 N–H and O–H groups in total.